The highest BCUT2D eigenvalue weighted by atomic mass is 19.1. The Bertz CT molecular complexity index is 433. The molecular weight excluding hydrogens is 241 g/mol. The van der Waals surface area contributed by atoms with E-state index in [0.29, 0.717) is 12.1 Å². The van der Waals surface area contributed by atoms with Gasteiger partial charge in [0.05, 0.1) is 6.10 Å². The quantitative estimate of drug-likeness (QED) is 0.877. The Labute approximate surface area is 115 Å². The monoisotopic (exact) mass is 265 g/mol. The first-order chi connectivity index (χ1) is 9.00. The molecule has 0 bridgehead atoms. The van der Waals surface area contributed by atoms with Crippen LogP contribution in [0.1, 0.15) is 45.2 Å². The van der Waals surface area contributed by atoms with Gasteiger partial charge >= 0.3 is 0 Å². The summed E-state index contributed by atoms with van der Waals surface area (Å²) in [7, 11) is 1.76. The number of benzene rings is 1. The lowest BCUT2D eigenvalue weighted by Gasteiger charge is -2.52. The van der Waals surface area contributed by atoms with Gasteiger partial charge in [0, 0.05) is 30.2 Å². The zero-order valence-electron chi connectivity index (χ0n) is 12.2. The van der Waals surface area contributed by atoms with Crippen LogP contribution in [-0.2, 0) is 4.74 Å². The topological polar surface area (TPSA) is 21.3 Å². The fourth-order valence-corrected chi connectivity index (χ4v) is 3.00. The highest BCUT2D eigenvalue weighted by molar-refractivity contribution is 5.22. The van der Waals surface area contributed by atoms with Gasteiger partial charge in [0.15, 0.2) is 0 Å². The second-order valence-electron chi connectivity index (χ2n) is 5.98. The Kier molecular flexibility index (Phi) is 4.26. The number of methoxy groups -OCH3 is 1. The van der Waals surface area contributed by atoms with E-state index in [2.05, 4.69) is 26.1 Å². The second-order valence-corrected chi connectivity index (χ2v) is 5.98. The number of hydrogen-bond acceptors (Lipinski definition) is 2. The Balaban J connectivity index is 2.08. The third-order valence-corrected chi connectivity index (χ3v) is 4.55. The molecule has 0 amide bonds. The van der Waals surface area contributed by atoms with Crippen LogP contribution in [0, 0.1) is 11.2 Å². The average Bonchev–Trinajstić information content (AvgIpc) is 2.39. The summed E-state index contributed by atoms with van der Waals surface area (Å²) in [4.78, 5) is 0. The molecule has 2 nitrogen and oxygen atoms in total. The minimum atomic E-state index is -0.123. The van der Waals surface area contributed by atoms with E-state index in [1.54, 1.807) is 13.2 Å². The highest BCUT2D eigenvalue weighted by Crippen LogP contribution is 2.43. The molecule has 1 aliphatic carbocycles. The van der Waals surface area contributed by atoms with Crippen molar-refractivity contribution >= 4 is 0 Å². The van der Waals surface area contributed by atoms with Gasteiger partial charge in [-0.2, -0.15) is 0 Å². The first kappa shape index (κ1) is 14.5. The van der Waals surface area contributed by atoms with Crippen LogP contribution in [0.2, 0.25) is 0 Å². The molecule has 2 rings (SSSR count). The Morgan fingerprint density at radius 2 is 2.11 bits per heavy atom. The molecule has 0 aliphatic heterocycles. The van der Waals surface area contributed by atoms with Crippen LogP contribution in [0.3, 0.4) is 0 Å². The number of hydrogen-bond donors (Lipinski definition) is 1. The molecule has 0 spiro atoms. The summed E-state index contributed by atoms with van der Waals surface area (Å²) in [6.07, 6.45) is 2.17. The van der Waals surface area contributed by atoms with Crippen LogP contribution < -0.4 is 5.32 Å². The Morgan fingerprint density at radius 3 is 2.63 bits per heavy atom. The van der Waals surface area contributed by atoms with Crippen molar-refractivity contribution in [2.24, 2.45) is 5.41 Å². The van der Waals surface area contributed by atoms with Gasteiger partial charge in [-0.1, -0.05) is 39.0 Å². The molecule has 0 saturated heterocycles. The summed E-state index contributed by atoms with van der Waals surface area (Å²) in [6.45, 7) is 6.50. The third-order valence-electron chi connectivity index (χ3n) is 4.55. The van der Waals surface area contributed by atoms with Gasteiger partial charge in [-0.15, -0.1) is 0 Å². The van der Waals surface area contributed by atoms with E-state index >= 15 is 0 Å². The minimum Gasteiger partial charge on any atom is -0.381 e. The van der Waals surface area contributed by atoms with E-state index < -0.39 is 0 Å². The maximum absolute atomic E-state index is 13.9. The molecule has 0 heterocycles. The summed E-state index contributed by atoms with van der Waals surface area (Å²) >= 11 is 0. The predicted molar refractivity (Wildman–Crippen MR) is 75.6 cm³/mol. The normalized spacial score (nSPS) is 26.8. The second kappa shape index (κ2) is 5.59. The summed E-state index contributed by atoms with van der Waals surface area (Å²) in [5.41, 5.74) is 0.870. The molecule has 1 saturated carbocycles. The molecule has 3 atom stereocenters. The summed E-state index contributed by atoms with van der Waals surface area (Å²) < 4.78 is 19.3. The van der Waals surface area contributed by atoms with Gasteiger partial charge in [0.2, 0.25) is 0 Å². The van der Waals surface area contributed by atoms with Gasteiger partial charge < -0.3 is 10.1 Å². The van der Waals surface area contributed by atoms with Crippen LogP contribution in [0.4, 0.5) is 4.39 Å². The fraction of sp³-hybridized carbons (Fsp3) is 0.625. The van der Waals surface area contributed by atoms with Crippen LogP contribution in [0.5, 0.6) is 0 Å². The molecule has 1 N–H and O–H groups in total. The van der Waals surface area contributed by atoms with E-state index in [4.69, 9.17) is 4.74 Å². The molecule has 1 aliphatic rings. The standard InChI is InChI=1S/C16H24FNO/c1-5-13(11-8-6-7-9-12(11)17)18-14-10-15(19-4)16(14,2)3/h6-9,13-15,18H,5,10H2,1-4H3. The van der Waals surface area contributed by atoms with E-state index in [-0.39, 0.29) is 17.3 Å². The zero-order valence-corrected chi connectivity index (χ0v) is 12.2. The molecule has 1 fully saturated rings. The molecule has 3 heteroatoms. The van der Waals surface area contributed by atoms with Crippen molar-refractivity contribution in [3.8, 4) is 0 Å². The van der Waals surface area contributed by atoms with Crippen molar-refractivity contribution in [3.05, 3.63) is 35.6 Å². The van der Waals surface area contributed by atoms with E-state index in [9.17, 15) is 4.39 Å². The molecule has 1 aromatic rings. The van der Waals surface area contributed by atoms with E-state index in [1.807, 2.05) is 12.1 Å². The van der Waals surface area contributed by atoms with Gasteiger partial charge in [0.1, 0.15) is 5.82 Å². The summed E-state index contributed by atoms with van der Waals surface area (Å²) in [5.74, 6) is -0.123. The number of halogens is 1. The van der Waals surface area contributed by atoms with Crippen LogP contribution in [-0.4, -0.2) is 19.3 Å². The maximum Gasteiger partial charge on any atom is 0.127 e. The van der Waals surface area contributed by atoms with Crippen molar-refractivity contribution in [1.82, 2.24) is 5.32 Å². The van der Waals surface area contributed by atoms with Crippen LogP contribution in [0.15, 0.2) is 24.3 Å². The van der Waals surface area contributed by atoms with Crippen LogP contribution in [0.25, 0.3) is 0 Å². The lowest BCUT2D eigenvalue weighted by Crippen LogP contribution is -2.61. The van der Waals surface area contributed by atoms with Crippen molar-refractivity contribution in [3.63, 3.8) is 0 Å². The Morgan fingerprint density at radius 1 is 1.42 bits per heavy atom. The number of nitrogens with one attached hydrogen (secondary N) is 1. The van der Waals surface area contributed by atoms with Crippen molar-refractivity contribution in [2.75, 3.05) is 7.11 Å². The average molecular weight is 265 g/mol. The Hall–Kier alpha value is -0.930. The van der Waals surface area contributed by atoms with E-state index in [0.717, 1.165) is 18.4 Å². The smallest absolute Gasteiger partial charge is 0.127 e. The molecule has 0 aromatic heterocycles. The minimum absolute atomic E-state index is 0.0725. The molecule has 1 aromatic carbocycles. The molecule has 19 heavy (non-hydrogen) atoms. The van der Waals surface area contributed by atoms with Crippen LogP contribution >= 0.6 is 0 Å². The van der Waals surface area contributed by atoms with Crippen molar-refractivity contribution in [1.29, 1.82) is 0 Å². The van der Waals surface area contributed by atoms with Gasteiger partial charge in [-0.3, -0.25) is 0 Å². The largest absolute Gasteiger partial charge is 0.381 e. The predicted octanol–water partition coefficient (Wildman–Crippen LogP) is 3.68. The molecular formula is C16H24FNO. The summed E-state index contributed by atoms with van der Waals surface area (Å²) in [6, 6.07) is 7.48. The lowest BCUT2D eigenvalue weighted by atomic mass is 9.64. The number of ether oxygens (including phenoxy) is 1. The number of rotatable bonds is 5. The van der Waals surface area contributed by atoms with Crippen molar-refractivity contribution < 1.29 is 9.13 Å². The van der Waals surface area contributed by atoms with Gasteiger partial charge in [-0.05, 0) is 18.9 Å². The zero-order chi connectivity index (χ0) is 14.0. The third kappa shape index (κ3) is 2.67. The molecule has 106 valence electrons. The lowest BCUT2D eigenvalue weighted by molar-refractivity contribution is -0.101. The van der Waals surface area contributed by atoms with Gasteiger partial charge in [-0.25, -0.2) is 4.39 Å². The van der Waals surface area contributed by atoms with E-state index in [1.165, 1.54) is 6.07 Å². The molecule has 0 radical (unpaired) electrons. The highest BCUT2D eigenvalue weighted by Gasteiger charge is 2.48. The first-order valence-corrected chi connectivity index (χ1v) is 7.04. The maximum atomic E-state index is 13.9. The SMILES string of the molecule is CCC(NC1CC(OC)C1(C)C)c1ccccc1F. The summed E-state index contributed by atoms with van der Waals surface area (Å²) in [5, 5.41) is 3.59. The first-order valence-electron chi connectivity index (χ1n) is 7.04. The van der Waals surface area contributed by atoms with Gasteiger partial charge in [0.25, 0.3) is 0 Å². The van der Waals surface area contributed by atoms with Crippen molar-refractivity contribution in [2.45, 2.75) is 51.8 Å². The fourth-order valence-electron chi connectivity index (χ4n) is 3.00. The molecule has 3 unspecified atom stereocenters.